The predicted octanol–water partition coefficient (Wildman–Crippen LogP) is 4.56. The molecule has 1 saturated carbocycles. The van der Waals surface area contributed by atoms with E-state index in [4.69, 9.17) is 0 Å². The van der Waals surface area contributed by atoms with E-state index in [2.05, 4.69) is 22.0 Å². The molecule has 1 N–H and O–H groups in total. The smallest absolute Gasteiger partial charge is 0.260 e. The van der Waals surface area contributed by atoms with Gasteiger partial charge in [-0.05, 0) is 48.8 Å². The molecule has 3 rings (SSSR count). The monoisotopic (exact) mass is 372 g/mol. The molecule has 1 aliphatic carbocycles. The van der Waals surface area contributed by atoms with Crippen LogP contribution in [0.3, 0.4) is 0 Å². The number of amides is 1. The first-order valence-corrected chi connectivity index (χ1v) is 8.51. The molecule has 5 nitrogen and oxygen atoms in total. The van der Waals surface area contributed by atoms with E-state index in [-0.39, 0.29) is 7.24 Å². The van der Waals surface area contributed by atoms with Gasteiger partial charge in [-0.25, -0.2) is 18.4 Å². The maximum atomic E-state index is 13.0. The summed E-state index contributed by atoms with van der Waals surface area (Å²) < 4.78 is 27.6. The van der Waals surface area contributed by atoms with Gasteiger partial charge in [0.2, 0.25) is 5.91 Å². The summed E-state index contributed by atoms with van der Waals surface area (Å²) in [4.78, 5) is 16.0. The Morgan fingerprint density at radius 3 is 2.81 bits per heavy atom. The molecule has 7 heteroatoms. The van der Waals surface area contributed by atoms with Gasteiger partial charge in [0, 0.05) is 26.4 Å². The molecule has 27 heavy (non-hydrogen) atoms. The van der Waals surface area contributed by atoms with E-state index in [1.807, 2.05) is 38.1 Å². The summed E-state index contributed by atoms with van der Waals surface area (Å²) in [6, 6.07) is 3.47. The number of allylic oxidation sites excluding steroid dienone is 4. The van der Waals surface area contributed by atoms with E-state index in [1.165, 1.54) is 0 Å². The Hall–Kier alpha value is -3.09. The van der Waals surface area contributed by atoms with Crippen LogP contribution in [0.5, 0.6) is 0 Å². The number of hydrogen-bond acceptors (Lipinski definition) is 3. The van der Waals surface area contributed by atoms with Gasteiger partial charge >= 0.3 is 0 Å². The van der Waals surface area contributed by atoms with Gasteiger partial charge in [-0.1, -0.05) is 18.7 Å². The average Bonchev–Trinajstić information content (AvgIpc) is 3.02. The molecule has 0 aromatic carbocycles. The van der Waals surface area contributed by atoms with Crippen molar-refractivity contribution in [1.82, 2.24) is 14.8 Å². The Morgan fingerprint density at radius 2 is 2.26 bits per heavy atom. The SMILES string of the molecule is C=C(C(=C\c1cnc(NC(=O)[C@H]2CC2(F)F)cc1C)/C=C/C)n1cccn1.[HH]. The summed E-state index contributed by atoms with van der Waals surface area (Å²) >= 11 is 0. The molecule has 2 aromatic heterocycles. The third kappa shape index (κ3) is 4.19. The molecule has 142 valence electrons. The largest absolute Gasteiger partial charge is 0.310 e. The number of aromatic nitrogens is 3. The number of aryl methyl sites for hydroxylation is 1. The minimum atomic E-state index is -2.89. The lowest BCUT2D eigenvalue weighted by Crippen LogP contribution is -2.18. The van der Waals surface area contributed by atoms with Crippen LogP contribution in [-0.2, 0) is 4.79 Å². The molecule has 1 aliphatic rings. The summed E-state index contributed by atoms with van der Waals surface area (Å²) in [7, 11) is 0. The van der Waals surface area contributed by atoms with Gasteiger partial charge in [0.05, 0.1) is 5.70 Å². The number of carbonyl (C=O) groups excluding carboxylic acids is 1. The van der Waals surface area contributed by atoms with Crippen LogP contribution in [0.1, 0.15) is 25.9 Å². The molecule has 0 saturated heterocycles. The highest BCUT2D eigenvalue weighted by Gasteiger charge is 2.61. The highest BCUT2D eigenvalue weighted by atomic mass is 19.3. The fourth-order valence-corrected chi connectivity index (χ4v) is 2.63. The maximum absolute atomic E-state index is 13.0. The van der Waals surface area contributed by atoms with Gasteiger partial charge in [0.1, 0.15) is 11.7 Å². The number of hydrogen-bond donors (Lipinski definition) is 1. The van der Waals surface area contributed by atoms with Gasteiger partial charge in [0.25, 0.3) is 5.92 Å². The number of pyridine rings is 1. The number of halogens is 2. The lowest BCUT2D eigenvalue weighted by atomic mass is 10.1. The van der Waals surface area contributed by atoms with Crippen molar-refractivity contribution in [1.29, 1.82) is 0 Å². The Balaban J connectivity index is 0.00000280. The van der Waals surface area contributed by atoms with Crippen LogP contribution in [0, 0.1) is 12.8 Å². The molecule has 1 fully saturated rings. The second kappa shape index (κ2) is 7.26. The number of carbonyl (C=O) groups is 1. The Kier molecular flexibility index (Phi) is 5.03. The van der Waals surface area contributed by atoms with Crippen molar-refractivity contribution in [3.05, 3.63) is 66.2 Å². The van der Waals surface area contributed by atoms with E-state index < -0.39 is 24.2 Å². The number of alkyl halides is 2. The average molecular weight is 372 g/mol. The van der Waals surface area contributed by atoms with Crippen LogP contribution < -0.4 is 5.32 Å². The van der Waals surface area contributed by atoms with Crippen molar-refractivity contribution >= 4 is 23.5 Å². The standard InChI is InChI=1S/C20H20F2N4O.H2/c1-4-6-15(14(3)26-8-5-7-24-26)10-16-12-23-18(9-13(16)2)25-19(27)17-11-20(17,21)22;/h4-10,12,17H,3,11H2,1-2H3,(H,23,25,27);1H/b6-4+,15-10-;/t17-;/m1./s1. The van der Waals surface area contributed by atoms with E-state index in [9.17, 15) is 13.6 Å². The van der Waals surface area contributed by atoms with Crippen molar-refractivity contribution in [2.75, 3.05) is 5.32 Å². The second-order valence-electron chi connectivity index (χ2n) is 6.43. The molecule has 2 aromatic rings. The van der Waals surface area contributed by atoms with Crippen LogP contribution in [0.15, 0.2) is 55.0 Å². The first-order valence-electron chi connectivity index (χ1n) is 8.51. The molecule has 0 radical (unpaired) electrons. The van der Waals surface area contributed by atoms with E-state index in [0.717, 1.165) is 16.7 Å². The van der Waals surface area contributed by atoms with Crippen molar-refractivity contribution in [3.63, 3.8) is 0 Å². The fourth-order valence-electron chi connectivity index (χ4n) is 2.63. The molecule has 0 unspecified atom stereocenters. The lowest BCUT2D eigenvalue weighted by molar-refractivity contribution is -0.119. The minimum absolute atomic E-state index is 0. The molecule has 0 spiro atoms. The van der Waals surface area contributed by atoms with Crippen LogP contribution in [0.25, 0.3) is 11.8 Å². The van der Waals surface area contributed by atoms with Gasteiger partial charge in [-0.15, -0.1) is 0 Å². The number of anilines is 1. The first-order chi connectivity index (χ1) is 12.8. The summed E-state index contributed by atoms with van der Waals surface area (Å²) in [6.45, 7) is 7.84. The van der Waals surface area contributed by atoms with Crippen LogP contribution in [0.2, 0.25) is 0 Å². The molecular formula is C20H22F2N4O. The summed E-state index contributed by atoms with van der Waals surface area (Å²) in [5.74, 6) is -4.58. The zero-order valence-electron chi connectivity index (χ0n) is 15.1. The predicted molar refractivity (Wildman–Crippen MR) is 103 cm³/mol. The summed E-state index contributed by atoms with van der Waals surface area (Å²) in [5, 5.41) is 6.64. The van der Waals surface area contributed by atoms with Crippen molar-refractivity contribution in [2.24, 2.45) is 5.92 Å². The fraction of sp³-hybridized carbons (Fsp3) is 0.250. The number of rotatable bonds is 6. The minimum Gasteiger partial charge on any atom is -0.310 e. The van der Waals surface area contributed by atoms with Crippen LogP contribution >= 0.6 is 0 Å². The normalized spacial score (nSPS) is 18.5. The quantitative estimate of drug-likeness (QED) is 0.757. The Labute approximate surface area is 157 Å². The third-order valence-electron chi connectivity index (χ3n) is 4.32. The van der Waals surface area contributed by atoms with E-state index >= 15 is 0 Å². The molecule has 0 bridgehead atoms. The topological polar surface area (TPSA) is 59.8 Å². The summed E-state index contributed by atoms with van der Waals surface area (Å²) in [5.41, 5.74) is 3.22. The first kappa shape index (κ1) is 18.7. The third-order valence-corrected chi connectivity index (χ3v) is 4.32. The summed E-state index contributed by atoms with van der Waals surface area (Å²) in [6.07, 6.45) is 10.4. The molecule has 0 aliphatic heterocycles. The highest BCUT2D eigenvalue weighted by Crippen LogP contribution is 2.49. The Morgan fingerprint density at radius 1 is 1.52 bits per heavy atom. The second-order valence-corrected chi connectivity index (χ2v) is 6.43. The molecule has 1 amide bonds. The van der Waals surface area contributed by atoms with Gasteiger partial charge in [-0.3, -0.25) is 4.79 Å². The van der Waals surface area contributed by atoms with Crippen LogP contribution in [0.4, 0.5) is 14.6 Å². The lowest BCUT2D eigenvalue weighted by Gasteiger charge is -2.10. The highest BCUT2D eigenvalue weighted by molar-refractivity contribution is 5.94. The van der Waals surface area contributed by atoms with Gasteiger partial charge < -0.3 is 5.32 Å². The van der Waals surface area contributed by atoms with Gasteiger partial charge in [0.15, 0.2) is 0 Å². The Bertz CT molecular complexity index is 936. The number of nitrogens with zero attached hydrogens (tertiary/aromatic N) is 3. The zero-order valence-corrected chi connectivity index (χ0v) is 15.1. The molecule has 2 heterocycles. The zero-order chi connectivity index (χ0) is 19.6. The van der Waals surface area contributed by atoms with Crippen molar-refractivity contribution in [3.8, 4) is 0 Å². The van der Waals surface area contributed by atoms with Gasteiger partial charge in [-0.2, -0.15) is 5.10 Å². The van der Waals surface area contributed by atoms with E-state index in [0.29, 0.717) is 5.70 Å². The van der Waals surface area contributed by atoms with Crippen molar-refractivity contribution in [2.45, 2.75) is 26.2 Å². The molecular weight excluding hydrogens is 350 g/mol. The van der Waals surface area contributed by atoms with E-state index in [1.54, 1.807) is 29.3 Å². The molecule has 1 atom stereocenters. The number of nitrogens with one attached hydrogen (secondary N) is 1. The van der Waals surface area contributed by atoms with Crippen molar-refractivity contribution < 1.29 is 15.0 Å². The maximum Gasteiger partial charge on any atom is 0.260 e. The van der Waals surface area contributed by atoms with Crippen LogP contribution in [-0.4, -0.2) is 26.6 Å².